The average Bonchev–Trinajstić information content (AvgIpc) is 3.01. The Morgan fingerprint density at radius 3 is 2.33 bits per heavy atom. The SMILES string of the molecule is CCOC(=O)[C@H](CC(=O)C1CCCCC1)CC(=O)C1CCNC1=O. The van der Waals surface area contributed by atoms with Crippen molar-refractivity contribution in [2.75, 3.05) is 13.2 Å². The number of hydrogen-bond acceptors (Lipinski definition) is 5. The highest BCUT2D eigenvalue weighted by atomic mass is 16.5. The minimum absolute atomic E-state index is 0.000516. The highest BCUT2D eigenvalue weighted by Gasteiger charge is 2.35. The van der Waals surface area contributed by atoms with Crippen LogP contribution in [-0.4, -0.2) is 36.6 Å². The van der Waals surface area contributed by atoms with Crippen LogP contribution in [-0.2, 0) is 23.9 Å². The zero-order valence-electron chi connectivity index (χ0n) is 14.3. The molecule has 0 radical (unpaired) electrons. The molecule has 134 valence electrons. The molecule has 2 fully saturated rings. The molecule has 24 heavy (non-hydrogen) atoms. The number of ketones is 2. The molecule has 1 saturated heterocycles. The van der Waals surface area contributed by atoms with E-state index in [4.69, 9.17) is 4.74 Å². The summed E-state index contributed by atoms with van der Waals surface area (Å²) < 4.78 is 5.04. The summed E-state index contributed by atoms with van der Waals surface area (Å²) in [5, 5.41) is 2.63. The first kappa shape index (κ1) is 18.6. The first-order chi connectivity index (χ1) is 11.5. The molecule has 0 aromatic rings. The largest absolute Gasteiger partial charge is 0.466 e. The summed E-state index contributed by atoms with van der Waals surface area (Å²) in [6.07, 6.45) is 5.40. The van der Waals surface area contributed by atoms with E-state index in [1.807, 2.05) is 0 Å². The third-order valence-corrected chi connectivity index (χ3v) is 5.01. The van der Waals surface area contributed by atoms with Gasteiger partial charge in [-0.15, -0.1) is 0 Å². The summed E-state index contributed by atoms with van der Waals surface area (Å²) in [7, 11) is 0. The Morgan fingerprint density at radius 1 is 1.08 bits per heavy atom. The third-order valence-electron chi connectivity index (χ3n) is 5.01. The molecule has 1 heterocycles. The molecular weight excluding hydrogens is 310 g/mol. The van der Waals surface area contributed by atoms with Crippen molar-refractivity contribution < 1.29 is 23.9 Å². The standard InChI is InChI=1S/C18H27NO5/c1-2-24-18(23)13(10-15(20)12-6-4-3-5-7-12)11-16(21)14-8-9-19-17(14)22/h12-14H,2-11H2,1H3,(H,19,22)/t13-,14?/m1/s1. The number of hydrogen-bond donors (Lipinski definition) is 1. The van der Waals surface area contributed by atoms with E-state index in [0.29, 0.717) is 13.0 Å². The van der Waals surface area contributed by atoms with Gasteiger partial charge in [-0.05, 0) is 26.2 Å². The number of amides is 1. The maximum atomic E-state index is 12.5. The maximum Gasteiger partial charge on any atom is 0.309 e. The molecular formula is C18H27NO5. The number of Topliss-reactive ketones (excluding diaryl/α,β-unsaturated/α-hetero) is 2. The summed E-state index contributed by atoms with van der Waals surface area (Å²) in [4.78, 5) is 48.7. The van der Waals surface area contributed by atoms with Gasteiger partial charge in [0.15, 0.2) is 0 Å². The zero-order valence-corrected chi connectivity index (χ0v) is 14.3. The van der Waals surface area contributed by atoms with Crippen LogP contribution in [0.5, 0.6) is 0 Å². The second-order valence-electron chi connectivity index (χ2n) is 6.76. The van der Waals surface area contributed by atoms with Crippen LogP contribution >= 0.6 is 0 Å². The van der Waals surface area contributed by atoms with Gasteiger partial charge in [-0.3, -0.25) is 19.2 Å². The molecule has 0 spiro atoms. The van der Waals surface area contributed by atoms with Crippen molar-refractivity contribution in [2.24, 2.45) is 17.8 Å². The van der Waals surface area contributed by atoms with E-state index >= 15 is 0 Å². The van der Waals surface area contributed by atoms with Gasteiger partial charge < -0.3 is 10.1 Å². The Bertz CT molecular complexity index is 496. The Labute approximate surface area is 142 Å². The average molecular weight is 337 g/mol. The first-order valence-corrected chi connectivity index (χ1v) is 9.02. The number of carbonyl (C=O) groups is 4. The first-order valence-electron chi connectivity index (χ1n) is 9.02. The van der Waals surface area contributed by atoms with Crippen LogP contribution in [0.4, 0.5) is 0 Å². The van der Waals surface area contributed by atoms with Gasteiger partial charge in [0.25, 0.3) is 0 Å². The molecule has 1 N–H and O–H groups in total. The van der Waals surface area contributed by atoms with Crippen molar-refractivity contribution in [3.63, 3.8) is 0 Å². The van der Waals surface area contributed by atoms with Crippen LogP contribution in [0.15, 0.2) is 0 Å². The summed E-state index contributed by atoms with van der Waals surface area (Å²) in [5.74, 6) is -2.45. The molecule has 1 amide bonds. The van der Waals surface area contributed by atoms with E-state index in [9.17, 15) is 19.2 Å². The maximum absolute atomic E-state index is 12.5. The molecule has 0 aromatic heterocycles. The van der Waals surface area contributed by atoms with Gasteiger partial charge in [0.1, 0.15) is 11.6 Å². The summed E-state index contributed by atoms with van der Waals surface area (Å²) in [6, 6.07) is 0. The van der Waals surface area contributed by atoms with E-state index in [1.165, 1.54) is 0 Å². The lowest BCUT2D eigenvalue weighted by molar-refractivity contribution is -0.152. The van der Waals surface area contributed by atoms with Crippen molar-refractivity contribution >= 4 is 23.4 Å². The predicted molar refractivity (Wildman–Crippen MR) is 87.1 cm³/mol. The normalized spacial score (nSPS) is 22.7. The lowest BCUT2D eigenvalue weighted by Crippen LogP contribution is -2.31. The topological polar surface area (TPSA) is 89.5 Å². The second-order valence-corrected chi connectivity index (χ2v) is 6.76. The number of ether oxygens (including phenoxy) is 1. The van der Waals surface area contributed by atoms with Crippen molar-refractivity contribution in [3.8, 4) is 0 Å². The van der Waals surface area contributed by atoms with Gasteiger partial charge in [0, 0.05) is 25.3 Å². The molecule has 2 aliphatic rings. The van der Waals surface area contributed by atoms with E-state index in [1.54, 1.807) is 6.92 Å². The van der Waals surface area contributed by atoms with Crippen molar-refractivity contribution in [2.45, 2.75) is 58.3 Å². The van der Waals surface area contributed by atoms with Crippen LogP contribution in [0, 0.1) is 17.8 Å². The second kappa shape index (κ2) is 8.94. The lowest BCUT2D eigenvalue weighted by Gasteiger charge is -2.22. The fourth-order valence-corrected chi connectivity index (χ4v) is 3.62. The van der Waals surface area contributed by atoms with Crippen LogP contribution in [0.25, 0.3) is 0 Å². The van der Waals surface area contributed by atoms with Crippen LogP contribution < -0.4 is 5.32 Å². The minimum atomic E-state index is -0.764. The molecule has 2 rings (SSSR count). The number of carbonyl (C=O) groups excluding carboxylic acids is 4. The van der Waals surface area contributed by atoms with Gasteiger partial charge in [-0.25, -0.2) is 0 Å². The fourth-order valence-electron chi connectivity index (χ4n) is 3.62. The molecule has 1 saturated carbocycles. The number of rotatable bonds is 8. The van der Waals surface area contributed by atoms with Crippen molar-refractivity contribution in [3.05, 3.63) is 0 Å². The summed E-state index contributed by atoms with van der Waals surface area (Å²) >= 11 is 0. The quantitative estimate of drug-likeness (QED) is 0.539. The molecule has 1 aliphatic carbocycles. The van der Waals surface area contributed by atoms with E-state index in [0.717, 1.165) is 32.1 Å². The van der Waals surface area contributed by atoms with Gasteiger partial charge in [0.05, 0.1) is 18.4 Å². The van der Waals surface area contributed by atoms with Crippen LogP contribution in [0.2, 0.25) is 0 Å². The zero-order chi connectivity index (χ0) is 17.5. The van der Waals surface area contributed by atoms with E-state index < -0.39 is 17.8 Å². The van der Waals surface area contributed by atoms with E-state index in [2.05, 4.69) is 5.32 Å². The Morgan fingerprint density at radius 2 is 1.75 bits per heavy atom. The smallest absolute Gasteiger partial charge is 0.309 e. The molecule has 1 unspecified atom stereocenters. The Hall–Kier alpha value is -1.72. The van der Waals surface area contributed by atoms with Gasteiger partial charge >= 0.3 is 5.97 Å². The van der Waals surface area contributed by atoms with Crippen molar-refractivity contribution in [1.29, 1.82) is 0 Å². The predicted octanol–water partition coefficient (Wildman–Crippen LogP) is 1.80. The molecule has 2 atom stereocenters. The molecule has 0 bridgehead atoms. The highest BCUT2D eigenvalue weighted by molar-refractivity contribution is 6.03. The lowest BCUT2D eigenvalue weighted by atomic mass is 9.81. The summed E-state index contributed by atoms with van der Waals surface area (Å²) in [6.45, 7) is 2.40. The minimum Gasteiger partial charge on any atom is -0.466 e. The van der Waals surface area contributed by atoms with Crippen molar-refractivity contribution in [1.82, 2.24) is 5.32 Å². The third kappa shape index (κ3) is 4.89. The van der Waals surface area contributed by atoms with Crippen LogP contribution in [0.1, 0.15) is 58.3 Å². The van der Waals surface area contributed by atoms with Gasteiger partial charge in [-0.1, -0.05) is 19.3 Å². The Kier molecular flexibility index (Phi) is 6.94. The molecule has 6 heteroatoms. The van der Waals surface area contributed by atoms with Gasteiger partial charge in [-0.2, -0.15) is 0 Å². The molecule has 6 nitrogen and oxygen atoms in total. The molecule has 0 aromatic carbocycles. The van der Waals surface area contributed by atoms with Gasteiger partial charge in [0.2, 0.25) is 5.91 Å². The fraction of sp³-hybridized carbons (Fsp3) is 0.778. The molecule has 1 aliphatic heterocycles. The highest BCUT2D eigenvalue weighted by Crippen LogP contribution is 2.28. The van der Waals surface area contributed by atoms with Crippen LogP contribution in [0.3, 0.4) is 0 Å². The number of nitrogens with one attached hydrogen (secondary N) is 1. The summed E-state index contributed by atoms with van der Waals surface area (Å²) in [5.41, 5.74) is 0. The number of esters is 1. The Balaban J connectivity index is 1.98. The van der Waals surface area contributed by atoms with E-state index in [-0.39, 0.29) is 42.8 Å². The monoisotopic (exact) mass is 337 g/mol.